The highest BCUT2D eigenvalue weighted by Gasteiger charge is 2.15. The van der Waals surface area contributed by atoms with E-state index in [0.717, 1.165) is 30.9 Å². The minimum atomic E-state index is -3.53. The van der Waals surface area contributed by atoms with E-state index in [1.54, 1.807) is 13.2 Å². The lowest BCUT2D eigenvalue weighted by molar-refractivity contribution is 0.218. The number of piperidine rings is 1. The van der Waals surface area contributed by atoms with Gasteiger partial charge in [-0.05, 0) is 43.6 Å². The first-order chi connectivity index (χ1) is 9.48. The van der Waals surface area contributed by atoms with Gasteiger partial charge in [-0.2, -0.15) is 0 Å². The minimum Gasteiger partial charge on any atom is -0.496 e. The van der Waals surface area contributed by atoms with Gasteiger partial charge in [0.2, 0.25) is 9.05 Å². The van der Waals surface area contributed by atoms with Crippen molar-refractivity contribution in [2.24, 2.45) is 0 Å². The monoisotopic (exact) mass is 317 g/mol. The quantitative estimate of drug-likeness (QED) is 0.783. The van der Waals surface area contributed by atoms with Crippen LogP contribution in [0.2, 0.25) is 0 Å². The number of hydrogen-bond acceptors (Lipinski definition) is 4. The third-order valence-electron chi connectivity index (χ3n) is 3.53. The van der Waals surface area contributed by atoms with Gasteiger partial charge >= 0.3 is 0 Å². The molecule has 0 aromatic heterocycles. The number of nitrogens with zero attached hydrogens (tertiary/aromatic N) is 1. The average Bonchev–Trinajstić information content (AvgIpc) is 2.38. The van der Waals surface area contributed by atoms with E-state index in [4.69, 9.17) is 15.4 Å². The molecule has 1 fully saturated rings. The van der Waals surface area contributed by atoms with Crippen LogP contribution in [0.1, 0.15) is 30.4 Å². The Balaban J connectivity index is 2.17. The van der Waals surface area contributed by atoms with Crippen LogP contribution >= 0.6 is 10.7 Å². The van der Waals surface area contributed by atoms with Gasteiger partial charge in [0.1, 0.15) is 5.75 Å². The van der Waals surface area contributed by atoms with Gasteiger partial charge < -0.3 is 4.74 Å². The Hall–Kier alpha value is -0.780. The molecule has 112 valence electrons. The fourth-order valence-corrected chi connectivity index (χ4v) is 3.56. The zero-order chi connectivity index (χ0) is 14.6. The van der Waals surface area contributed by atoms with Crippen LogP contribution in [0.3, 0.4) is 0 Å². The molecule has 20 heavy (non-hydrogen) atoms. The summed E-state index contributed by atoms with van der Waals surface area (Å²) >= 11 is 0. The van der Waals surface area contributed by atoms with Crippen molar-refractivity contribution >= 4 is 19.7 Å². The molecule has 0 aliphatic carbocycles. The molecule has 0 radical (unpaired) electrons. The second kappa shape index (κ2) is 6.78. The lowest BCUT2D eigenvalue weighted by atomic mass is 10.1. The van der Waals surface area contributed by atoms with Crippen LogP contribution in [-0.2, 0) is 21.3 Å². The van der Waals surface area contributed by atoms with Gasteiger partial charge in [0.25, 0.3) is 0 Å². The number of ether oxygens (including phenoxy) is 1. The predicted octanol–water partition coefficient (Wildman–Crippen LogP) is 2.75. The summed E-state index contributed by atoms with van der Waals surface area (Å²) in [6.07, 6.45) is 3.73. The zero-order valence-electron chi connectivity index (χ0n) is 11.6. The highest BCUT2D eigenvalue weighted by atomic mass is 35.7. The molecular formula is C14H20ClNO3S. The molecule has 1 aromatic carbocycles. The lowest BCUT2D eigenvalue weighted by Crippen LogP contribution is -2.29. The van der Waals surface area contributed by atoms with Crippen molar-refractivity contribution in [2.45, 2.75) is 31.6 Å². The maximum absolute atomic E-state index is 11.2. The Kier molecular flexibility index (Phi) is 5.29. The molecular weight excluding hydrogens is 298 g/mol. The SMILES string of the molecule is COc1ccc(CS(=O)(=O)Cl)cc1CN1CCCCC1. The van der Waals surface area contributed by atoms with Crippen LogP contribution < -0.4 is 4.74 Å². The fraction of sp³-hybridized carbons (Fsp3) is 0.571. The minimum absolute atomic E-state index is 0.147. The second-order valence-electron chi connectivity index (χ2n) is 5.17. The van der Waals surface area contributed by atoms with Crippen molar-refractivity contribution in [3.05, 3.63) is 29.3 Å². The number of likely N-dealkylation sites (tertiary alicyclic amines) is 1. The summed E-state index contributed by atoms with van der Waals surface area (Å²) in [4.78, 5) is 2.38. The van der Waals surface area contributed by atoms with E-state index in [1.165, 1.54) is 19.3 Å². The smallest absolute Gasteiger partial charge is 0.236 e. The van der Waals surface area contributed by atoms with Crippen LogP contribution in [0.15, 0.2) is 18.2 Å². The molecule has 0 spiro atoms. The molecule has 1 saturated heterocycles. The molecule has 1 aliphatic heterocycles. The summed E-state index contributed by atoms with van der Waals surface area (Å²) in [7, 11) is 3.42. The third kappa shape index (κ3) is 4.65. The molecule has 6 heteroatoms. The maximum atomic E-state index is 11.2. The first-order valence-corrected chi connectivity index (χ1v) is 9.26. The van der Waals surface area contributed by atoms with E-state index in [1.807, 2.05) is 12.1 Å². The maximum Gasteiger partial charge on any atom is 0.236 e. The highest BCUT2D eigenvalue weighted by Crippen LogP contribution is 2.24. The van der Waals surface area contributed by atoms with Gasteiger partial charge in [0.15, 0.2) is 0 Å². The summed E-state index contributed by atoms with van der Waals surface area (Å²) in [6.45, 7) is 2.96. The normalized spacial score (nSPS) is 17.1. The van der Waals surface area contributed by atoms with Gasteiger partial charge in [-0.3, -0.25) is 4.90 Å². The van der Waals surface area contributed by atoms with Crippen molar-refractivity contribution in [2.75, 3.05) is 20.2 Å². The Morgan fingerprint density at radius 3 is 2.55 bits per heavy atom. The standard InChI is InChI=1S/C14H20ClNO3S/c1-19-14-6-5-12(11-20(15,17)18)9-13(14)10-16-7-3-2-4-8-16/h5-6,9H,2-4,7-8,10-11H2,1H3. The molecule has 1 aliphatic rings. The van der Waals surface area contributed by atoms with Crippen molar-refractivity contribution in [1.82, 2.24) is 4.90 Å². The number of methoxy groups -OCH3 is 1. The average molecular weight is 318 g/mol. The summed E-state index contributed by atoms with van der Waals surface area (Å²) < 4.78 is 27.7. The summed E-state index contributed by atoms with van der Waals surface area (Å²) in [5.41, 5.74) is 1.72. The molecule has 0 unspecified atom stereocenters. The fourth-order valence-electron chi connectivity index (χ4n) is 2.60. The van der Waals surface area contributed by atoms with Gasteiger partial charge in [0, 0.05) is 22.8 Å². The molecule has 1 heterocycles. The van der Waals surface area contributed by atoms with E-state index in [-0.39, 0.29) is 5.75 Å². The Morgan fingerprint density at radius 1 is 1.25 bits per heavy atom. The molecule has 0 bridgehead atoms. The Bertz CT molecular complexity index is 554. The molecule has 0 saturated carbocycles. The van der Waals surface area contributed by atoms with Crippen LogP contribution in [0, 0.1) is 0 Å². The molecule has 2 rings (SSSR count). The third-order valence-corrected chi connectivity index (χ3v) is 4.53. The molecule has 4 nitrogen and oxygen atoms in total. The number of hydrogen-bond donors (Lipinski definition) is 0. The topological polar surface area (TPSA) is 46.6 Å². The molecule has 0 atom stereocenters. The second-order valence-corrected chi connectivity index (χ2v) is 7.94. The van der Waals surface area contributed by atoms with Gasteiger partial charge in [-0.1, -0.05) is 12.5 Å². The summed E-state index contributed by atoms with van der Waals surface area (Å²) in [5.74, 6) is 0.650. The van der Waals surface area contributed by atoms with Gasteiger partial charge in [-0.15, -0.1) is 0 Å². The number of benzene rings is 1. The van der Waals surface area contributed by atoms with Crippen LogP contribution in [0.25, 0.3) is 0 Å². The highest BCUT2D eigenvalue weighted by molar-refractivity contribution is 8.13. The molecule has 0 N–H and O–H groups in total. The summed E-state index contributed by atoms with van der Waals surface area (Å²) in [6, 6.07) is 5.45. The number of rotatable bonds is 5. The summed E-state index contributed by atoms with van der Waals surface area (Å²) in [5, 5.41) is 0. The number of halogens is 1. The van der Waals surface area contributed by atoms with E-state index in [9.17, 15) is 8.42 Å². The molecule has 1 aromatic rings. The van der Waals surface area contributed by atoms with E-state index in [0.29, 0.717) is 5.56 Å². The van der Waals surface area contributed by atoms with Crippen molar-refractivity contribution in [1.29, 1.82) is 0 Å². The van der Waals surface area contributed by atoms with E-state index in [2.05, 4.69) is 4.90 Å². The van der Waals surface area contributed by atoms with Gasteiger partial charge in [-0.25, -0.2) is 8.42 Å². The van der Waals surface area contributed by atoms with E-state index < -0.39 is 9.05 Å². The largest absolute Gasteiger partial charge is 0.496 e. The Morgan fingerprint density at radius 2 is 1.95 bits per heavy atom. The van der Waals surface area contributed by atoms with Crippen LogP contribution in [-0.4, -0.2) is 33.5 Å². The zero-order valence-corrected chi connectivity index (χ0v) is 13.2. The van der Waals surface area contributed by atoms with Crippen molar-refractivity contribution < 1.29 is 13.2 Å². The Labute approximate surface area is 125 Å². The van der Waals surface area contributed by atoms with Crippen LogP contribution in [0.5, 0.6) is 5.75 Å². The first kappa shape index (κ1) is 15.6. The van der Waals surface area contributed by atoms with E-state index >= 15 is 0 Å². The van der Waals surface area contributed by atoms with Gasteiger partial charge in [0.05, 0.1) is 12.9 Å². The molecule has 0 amide bonds. The predicted molar refractivity (Wildman–Crippen MR) is 80.6 cm³/mol. The van der Waals surface area contributed by atoms with Crippen molar-refractivity contribution in [3.8, 4) is 5.75 Å². The lowest BCUT2D eigenvalue weighted by Gasteiger charge is -2.27. The first-order valence-electron chi connectivity index (χ1n) is 6.78. The van der Waals surface area contributed by atoms with Crippen molar-refractivity contribution in [3.63, 3.8) is 0 Å². The van der Waals surface area contributed by atoms with Crippen LogP contribution in [0.4, 0.5) is 0 Å².